The molecular weight excluding hydrogens is 510 g/mol. The summed E-state index contributed by atoms with van der Waals surface area (Å²) < 4.78 is 0.883. The van der Waals surface area contributed by atoms with Gasteiger partial charge in [0, 0.05) is 28.9 Å². The Morgan fingerprint density at radius 2 is 1.51 bits per heavy atom. The average molecular weight is 536 g/mol. The van der Waals surface area contributed by atoms with E-state index in [0.29, 0.717) is 5.69 Å². The number of benzene rings is 3. The molecule has 0 unspecified atom stereocenters. The summed E-state index contributed by atoms with van der Waals surface area (Å²) in [6.07, 6.45) is 1.46. The molecule has 8 nitrogen and oxygen atoms in total. The van der Waals surface area contributed by atoms with E-state index in [2.05, 4.69) is 55.8 Å². The van der Waals surface area contributed by atoms with Crippen molar-refractivity contribution in [2.24, 2.45) is 5.10 Å². The lowest BCUT2D eigenvalue weighted by Gasteiger charge is -2.20. The van der Waals surface area contributed by atoms with Crippen molar-refractivity contribution in [3.8, 4) is 0 Å². The Balaban J connectivity index is 1.59. The highest BCUT2D eigenvalue weighted by Gasteiger charge is 2.17. The molecule has 3 rings (SSSR count). The van der Waals surface area contributed by atoms with Crippen LogP contribution in [0.15, 0.2) is 82.4 Å². The van der Waals surface area contributed by atoms with E-state index in [1.54, 1.807) is 48.5 Å². The molecule has 3 N–H and O–H groups in total. The maximum absolute atomic E-state index is 12.7. The fraction of sp³-hybridized carbons (Fsp3) is 0.154. The summed E-state index contributed by atoms with van der Waals surface area (Å²) in [7, 11) is 0. The zero-order valence-corrected chi connectivity index (χ0v) is 21.0. The summed E-state index contributed by atoms with van der Waals surface area (Å²) in [4.78, 5) is 39.5. The topological polar surface area (TPSA) is 103 Å². The summed E-state index contributed by atoms with van der Waals surface area (Å²) in [5.74, 6) is -2.32. The quantitative estimate of drug-likeness (QED) is 0.222. The van der Waals surface area contributed by atoms with Crippen molar-refractivity contribution in [1.82, 2.24) is 5.43 Å². The highest BCUT2D eigenvalue weighted by atomic mass is 79.9. The average Bonchev–Trinajstić information content (AvgIpc) is 2.87. The fourth-order valence-corrected chi connectivity index (χ4v) is 3.54. The van der Waals surface area contributed by atoms with E-state index in [1.165, 1.54) is 6.21 Å². The highest BCUT2D eigenvalue weighted by molar-refractivity contribution is 9.10. The van der Waals surface area contributed by atoms with Crippen LogP contribution >= 0.6 is 15.9 Å². The van der Waals surface area contributed by atoms with Crippen molar-refractivity contribution >= 4 is 56.9 Å². The lowest BCUT2D eigenvalue weighted by Crippen LogP contribution is -2.33. The van der Waals surface area contributed by atoms with E-state index in [-0.39, 0.29) is 11.3 Å². The van der Waals surface area contributed by atoms with Gasteiger partial charge in [0.25, 0.3) is 5.91 Å². The largest absolute Gasteiger partial charge is 0.372 e. The molecule has 0 spiro atoms. The van der Waals surface area contributed by atoms with Crippen molar-refractivity contribution in [3.63, 3.8) is 0 Å². The van der Waals surface area contributed by atoms with Crippen LogP contribution in [0.2, 0.25) is 0 Å². The fourth-order valence-electron chi connectivity index (χ4n) is 3.28. The number of para-hydroxylation sites is 1. The van der Waals surface area contributed by atoms with Crippen molar-refractivity contribution < 1.29 is 14.4 Å². The minimum Gasteiger partial charge on any atom is -0.372 e. The van der Waals surface area contributed by atoms with Crippen LogP contribution in [0.4, 0.5) is 17.1 Å². The number of amides is 3. The third-order valence-electron chi connectivity index (χ3n) is 5.13. The molecule has 0 fully saturated rings. The molecule has 0 atom stereocenters. The van der Waals surface area contributed by atoms with Crippen molar-refractivity contribution in [2.45, 2.75) is 13.8 Å². The summed E-state index contributed by atoms with van der Waals surface area (Å²) >= 11 is 3.34. The van der Waals surface area contributed by atoms with Gasteiger partial charge in [-0.1, -0.05) is 40.2 Å². The lowest BCUT2D eigenvalue weighted by atomic mass is 10.1. The van der Waals surface area contributed by atoms with Crippen LogP contribution in [0.25, 0.3) is 0 Å². The third-order valence-corrected chi connectivity index (χ3v) is 5.66. The molecule has 0 radical (unpaired) electrons. The maximum atomic E-state index is 12.7. The Morgan fingerprint density at radius 3 is 2.17 bits per heavy atom. The standard InChI is InChI=1S/C26H26BrN5O3/c1-3-32(4-2)21-15-9-18(10-16-21)17-28-31-26(35)25(34)30-23-8-6-5-7-22(23)24(33)29-20-13-11-19(27)12-14-20/h5-17H,3-4H2,1-2H3,(H,29,33)(H,30,34)(H,31,35)/b28-17-. The Labute approximate surface area is 212 Å². The molecule has 0 heterocycles. The molecule has 0 saturated carbocycles. The van der Waals surface area contributed by atoms with Gasteiger partial charge >= 0.3 is 11.8 Å². The predicted octanol–water partition coefficient (Wildman–Crippen LogP) is 4.64. The molecule has 180 valence electrons. The van der Waals surface area contributed by atoms with Gasteiger partial charge in [-0.3, -0.25) is 14.4 Å². The second-order valence-electron chi connectivity index (χ2n) is 7.42. The second-order valence-corrected chi connectivity index (χ2v) is 8.34. The first kappa shape index (κ1) is 25.6. The normalized spacial score (nSPS) is 10.6. The number of hydrogen-bond donors (Lipinski definition) is 3. The van der Waals surface area contributed by atoms with Crippen LogP contribution in [-0.2, 0) is 9.59 Å². The Bertz CT molecular complexity index is 1210. The van der Waals surface area contributed by atoms with Crippen molar-refractivity contribution in [1.29, 1.82) is 0 Å². The Hall–Kier alpha value is -3.98. The number of carbonyl (C=O) groups is 3. The Kier molecular flexibility index (Phi) is 9.14. The molecule has 0 aliphatic heterocycles. The number of anilines is 3. The van der Waals surface area contributed by atoms with Gasteiger partial charge in [0.1, 0.15) is 0 Å². The number of hydrazone groups is 1. The smallest absolute Gasteiger partial charge is 0.329 e. The van der Waals surface area contributed by atoms with Crippen LogP contribution in [-0.4, -0.2) is 37.0 Å². The maximum Gasteiger partial charge on any atom is 0.329 e. The number of nitrogens with zero attached hydrogens (tertiary/aromatic N) is 2. The number of carbonyl (C=O) groups excluding carboxylic acids is 3. The molecule has 3 aromatic rings. The van der Waals surface area contributed by atoms with Gasteiger partial charge < -0.3 is 15.5 Å². The van der Waals surface area contributed by atoms with E-state index in [9.17, 15) is 14.4 Å². The molecule has 3 aromatic carbocycles. The zero-order valence-electron chi connectivity index (χ0n) is 19.4. The molecular formula is C26H26BrN5O3. The van der Waals surface area contributed by atoms with Crippen molar-refractivity contribution in [3.05, 3.63) is 88.4 Å². The van der Waals surface area contributed by atoms with Gasteiger partial charge in [-0.2, -0.15) is 5.10 Å². The molecule has 0 bridgehead atoms. The minimum absolute atomic E-state index is 0.207. The van der Waals surface area contributed by atoms with Crippen molar-refractivity contribution in [2.75, 3.05) is 28.6 Å². The van der Waals surface area contributed by atoms with Gasteiger partial charge in [-0.15, -0.1) is 0 Å². The van der Waals surface area contributed by atoms with Gasteiger partial charge in [-0.25, -0.2) is 5.43 Å². The summed E-state index contributed by atoms with van der Waals surface area (Å²) in [6, 6.07) is 21.2. The molecule has 0 aliphatic rings. The number of rotatable bonds is 8. The zero-order chi connectivity index (χ0) is 25.2. The first-order valence-electron chi connectivity index (χ1n) is 11.1. The van der Waals surface area contributed by atoms with Gasteiger partial charge in [-0.05, 0) is 67.9 Å². The second kappa shape index (κ2) is 12.5. The number of nitrogens with one attached hydrogen (secondary N) is 3. The summed E-state index contributed by atoms with van der Waals surface area (Å²) in [5.41, 5.74) is 5.09. The Morgan fingerprint density at radius 1 is 0.857 bits per heavy atom. The van der Waals surface area contributed by atoms with E-state index in [1.807, 2.05) is 24.3 Å². The molecule has 0 saturated heterocycles. The third kappa shape index (κ3) is 7.25. The van der Waals surface area contributed by atoms with Crippen LogP contribution in [0.5, 0.6) is 0 Å². The SMILES string of the molecule is CCN(CC)c1ccc(/C=N\NC(=O)C(=O)Nc2ccccc2C(=O)Nc2ccc(Br)cc2)cc1. The molecule has 3 amide bonds. The molecule has 0 aliphatic carbocycles. The van der Waals surface area contributed by atoms with Crippen LogP contribution in [0.1, 0.15) is 29.8 Å². The van der Waals surface area contributed by atoms with E-state index in [4.69, 9.17) is 0 Å². The first-order chi connectivity index (χ1) is 16.9. The van der Waals surface area contributed by atoms with Gasteiger partial charge in [0.15, 0.2) is 0 Å². The van der Waals surface area contributed by atoms with Crippen LogP contribution in [0.3, 0.4) is 0 Å². The van der Waals surface area contributed by atoms with E-state index >= 15 is 0 Å². The van der Waals surface area contributed by atoms with Crippen LogP contribution < -0.4 is 21.0 Å². The summed E-state index contributed by atoms with van der Waals surface area (Å²) in [6.45, 7) is 5.99. The monoisotopic (exact) mass is 535 g/mol. The first-order valence-corrected chi connectivity index (χ1v) is 11.9. The van der Waals surface area contributed by atoms with Gasteiger partial charge in [0.05, 0.1) is 17.5 Å². The summed E-state index contributed by atoms with van der Waals surface area (Å²) in [5, 5.41) is 9.09. The van der Waals surface area contributed by atoms with Crippen LogP contribution in [0, 0.1) is 0 Å². The van der Waals surface area contributed by atoms with E-state index in [0.717, 1.165) is 28.8 Å². The number of halogens is 1. The molecule has 35 heavy (non-hydrogen) atoms. The van der Waals surface area contributed by atoms with Gasteiger partial charge in [0.2, 0.25) is 0 Å². The highest BCUT2D eigenvalue weighted by Crippen LogP contribution is 2.19. The van der Waals surface area contributed by atoms with E-state index < -0.39 is 17.7 Å². The predicted molar refractivity (Wildman–Crippen MR) is 143 cm³/mol. The molecule has 9 heteroatoms. The minimum atomic E-state index is -0.955. The lowest BCUT2D eigenvalue weighted by molar-refractivity contribution is -0.136. The molecule has 0 aromatic heterocycles. The number of hydrogen-bond acceptors (Lipinski definition) is 5.